The van der Waals surface area contributed by atoms with Gasteiger partial charge in [0.25, 0.3) is 11.5 Å². The van der Waals surface area contributed by atoms with Gasteiger partial charge in [0.2, 0.25) is 4.96 Å². The Labute approximate surface area is 222 Å². The number of nitriles is 1. The predicted molar refractivity (Wildman–Crippen MR) is 144 cm³/mol. The molecule has 194 valence electrons. The minimum Gasteiger partial charge on any atom is -0.497 e. The first-order valence-corrected chi connectivity index (χ1v) is 12.6. The van der Waals surface area contributed by atoms with Gasteiger partial charge in [0.15, 0.2) is 11.5 Å². The molecule has 0 saturated carbocycles. The Morgan fingerprint density at radius 1 is 1.13 bits per heavy atom. The number of nitrogens with one attached hydrogen (secondary N) is 1. The van der Waals surface area contributed by atoms with Crippen molar-refractivity contribution in [3.05, 3.63) is 80.7 Å². The summed E-state index contributed by atoms with van der Waals surface area (Å²) < 4.78 is 18.0. The minimum absolute atomic E-state index is 0.0497. The van der Waals surface area contributed by atoms with Crippen LogP contribution in [-0.4, -0.2) is 34.2 Å². The average Bonchev–Trinajstić information content (AvgIpc) is 3.36. The molecule has 1 N–H and O–H groups in total. The van der Waals surface area contributed by atoms with E-state index >= 15 is 0 Å². The molecule has 38 heavy (non-hydrogen) atoms. The van der Waals surface area contributed by atoms with E-state index in [1.165, 1.54) is 28.0 Å². The fourth-order valence-electron chi connectivity index (χ4n) is 3.45. The van der Waals surface area contributed by atoms with Gasteiger partial charge in [-0.3, -0.25) is 9.59 Å². The summed E-state index contributed by atoms with van der Waals surface area (Å²) in [6.45, 7) is 4.22. The van der Waals surface area contributed by atoms with Gasteiger partial charge in [-0.2, -0.15) is 14.9 Å². The molecule has 0 unspecified atom stereocenters. The molecule has 2 heterocycles. The summed E-state index contributed by atoms with van der Waals surface area (Å²) in [7, 11) is 1.55. The first kappa shape index (κ1) is 26.4. The SMILES string of the molecule is CCOc1cc(/C=C(\C#N)C(=O)Nc2ccc(OC)cc2)ccc1OCc1cc(=O)n2nc(CC)sc2n1. The van der Waals surface area contributed by atoms with Crippen molar-refractivity contribution in [1.82, 2.24) is 14.6 Å². The van der Waals surface area contributed by atoms with Crippen LogP contribution in [0.15, 0.2) is 58.9 Å². The van der Waals surface area contributed by atoms with Crippen molar-refractivity contribution in [3.63, 3.8) is 0 Å². The number of anilines is 1. The van der Waals surface area contributed by atoms with Crippen LogP contribution in [0.2, 0.25) is 0 Å². The fourth-order valence-corrected chi connectivity index (χ4v) is 4.31. The van der Waals surface area contributed by atoms with E-state index in [1.807, 2.05) is 19.9 Å². The number of aromatic nitrogens is 3. The number of amides is 1. The highest BCUT2D eigenvalue weighted by Crippen LogP contribution is 2.30. The number of hydrogen-bond donors (Lipinski definition) is 1. The lowest BCUT2D eigenvalue weighted by molar-refractivity contribution is -0.112. The summed E-state index contributed by atoms with van der Waals surface area (Å²) in [5, 5.41) is 17.3. The van der Waals surface area contributed by atoms with E-state index in [2.05, 4.69) is 15.4 Å². The van der Waals surface area contributed by atoms with Crippen LogP contribution in [0.5, 0.6) is 17.2 Å². The van der Waals surface area contributed by atoms with Crippen LogP contribution < -0.4 is 25.1 Å². The molecule has 2 aromatic heterocycles. The molecule has 0 atom stereocenters. The average molecular weight is 532 g/mol. The largest absolute Gasteiger partial charge is 0.497 e. The highest BCUT2D eigenvalue weighted by atomic mass is 32.1. The summed E-state index contributed by atoms with van der Waals surface area (Å²) >= 11 is 1.36. The number of rotatable bonds is 10. The zero-order chi connectivity index (χ0) is 27.1. The zero-order valence-corrected chi connectivity index (χ0v) is 21.9. The Morgan fingerprint density at radius 2 is 1.92 bits per heavy atom. The quantitative estimate of drug-likeness (QED) is 0.238. The Bertz CT molecular complexity index is 1580. The van der Waals surface area contributed by atoms with Gasteiger partial charge < -0.3 is 19.5 Å². The van der Waals surface area contributed by atoms with Gasteiger partial charge >= 0.3 is 0 Å². The second-order valence-corrected chi connectivity index (χ2v) is 8.95. The second-order valence-electron chi connectivity index (χ2n) is 7.91. The molecular formula is C27H25N5O5S. The van der Waals surface area contributed by atoms with Crippen LogP contribution in [0.3, 0.4) is 0 Å². The van der Waals surface area contributed by atoms with E-state index in [-0.39, 0.29) is 17.7 Å². The van der Waals surface area contributed by atoms with Gasteiger partial charge in [0.05, 0.1) is 19.4 Å². The maximum atomic E-state index is 12.7. The number of methoxy groups -OCH3 is 1. The van der Waals surface area contributed by atoms with Crippen LogP contribution >= 0.6 is 11.3 Å². The van der Waals surface area contributed by atoms with Crippen LogP contribution in [0.4, 0.5) is 5.69 Å². The number of aryl methyl sites for hydroxylation is 1. The highest BCUT2D eigenvalue weighted by Gasteiger charge is 2.13. The van der Waals surface area contributed by atoms with E-state index in [9.17, 15) is 14.9 Å². The van der Waals surface area contributed by atoms with E-state index < -0.39 is 5.91 Å². The van der Waals surface area contributed by atoms with Gasteiger partial charge in [-0.1, -0.05) is 24.3 Å². The van der Waals surface area contributed by atoms with Crippen molar-refractivity contribution in [2.24, 2.45) is 0 Å². The number of hydrogen-bond acceptors (Lipinski definition) is 9. The number of carbonyl (C=O) groups is 1. The van der Waals surface area contributed by atoms with E-state index in [0.717, 1.165) is 5.01 Å². The third-order valence-electron chi connectivity index (χ3n) is 5.31. The molecule has 11 heteroatoms. The van der Waals surface area contributed by atoms with Gasteiger partial charge in [-0.25, -0.2) is 4.98 Å². The maximum absolute atomic E-state index is 12.7. The Balaban J connectivity index is 1.51. The van der Waals surface area contributed by atoms with Gasteiger partial charge in [0.1, 0.15) is 29.0 Å². The maximum Gasteiger partial charge on any atom is 0.275 e. The Kier molecular flexibility index (Phi) is 8.35. The third-order valence-corrected chi connectivity index (χ3v) is 6.36. The second kappa shape index (κ2) is 12.0. The molecule has 0 radical (unpaired) electrons. The highest BCUT2D eigenvalue weighted by molar-refractivity contribution is 7.16. The summed E-state index contributed by atoms with van der Waals surface area (Å²) in [6.07, 6.45) is 2.19. The molecule has 0 bridgehead atoms. The topological polar surface area (TPSA) is 128 Å². The van der Waals surface area contributed by atoms with Crippen molar-refractivity contribution < 1.29 is 19.0 Å². The predicted octanol–water partition coefficient (Wildman–Crippen LogP) is 4.25. The molecule has 4 rings (SSSR count). The van der Waals surface area contributed by atoms with E-state index in [1.54, 1.807) is 49.6 Å². The van der Waals surface area contributed by atoms with Crippen molar-refractivity contribution >= 4 is 34.0 Å². The molecule has 0 spiro atoms. The molecule has 0 aliphatic carbocycles. The lowest BCUT2D eigenvalue weighted by Gasteiger charge is -2.12. The van der Waals surface area contributed by atoms with E-state index in [0.29, 0.717) is 52.2 Å². The smallest absolute Gasteiger partial charge is 0.275 e. The molecule has 2 aromatic carbocycles. The Hall–Kier alpha value is -4.69. The van der Waals surface area contributed by atoms with Gasteiger partial charge in [0, 0.05) is 11.8 Å². The zero-order valence-electron chi connectivity index (χ0n) is 21.1. The molecule has 4 aromatic rings. The van der Waals surface area contributed by atoms with Crippen molar-refractivity contribution in [1.29, 1.82) is 5.26 Å². The number of fused-ring (bicyclic) bond motifs is 1. The number of carbonyl (C=O) groups excluding carboxylic acids is 1. The standard InChI is InChI=1S/C27H25N5O5S/c1-4-24-31-32-25(33)14-20(30-27(32)38-24)16-37-22-11-6-17(13-23(22)36-5-2)12-18(15-28)26(34)29-19-7-9-21(35-3)10-8-19/h6-14H,4-5,16H2,1-3H3,(H,29,34)/b18-12+. The molecule has 0 aliphatic heterocycles. The molecule has 1 amide bonds. The van der Waals surface area contributed by atoms with Crippen molar-refractivity contribution in [3.8, 4) is 23.3 Å². The van der Waals surface area contributed by atoms with Crippen LogP contribution in [0.25, 0.3) is 11.0 Å². The normalized spacial score (nSPS) is 11.2. The third kappa shape index (κ3) is 6.16. The van der Waals surface area contributed by atoms with E-state index in [4.69, 9.17) is 14.2 Å². The van der Waals surface area contributed by atoms with Gasteiger partial charge in [-0.05, 0) is 61.4 Å². The van der Waals surface area contributed by atoms with Crippen LogP contribution in [0.1, 0.15) is 30.1 Å². The first-order chi connectivity index (χ1) is 18.4. The number of nitrogens with zero attached hydrogens (tertiary/aromatic N) is 4. The molecule has 0 fully saturated rings. The molecular weight excluding hydrogens is 506 g/mol. The summed E-state index contributed by atoms with van der Waals surface area (Å²) in [5.74, 6) is 0.976. The number of ether oxygens (including phenoxy) is 3. The van der Waals surface area contributed by atoms with Crippen LogP contribution in [0, 0.1) is 11.3 Å². The molecule has 10 nitrogen and oxygen atoms in total. The minimum atomic E-state index is -0.544. The monoisotopic (exact) mass is 531 g/mol. The lowest BCUT2D eigenvalue weighted by atomic mass is 10.1. The van der Waals surface area contributed by atoms with Gasteiger partial charge in [-0.15, -0.1) is 0 Å². The summed E-state index contributed by atoms with van der Waals surface area (Å²) in [6, 6.07) is 15.2. The summed E-state index contributed by atoms with van der Waals surface area (Å²) in [5.41, 5.74) is 1.23. The number of benzene rings is 2. The fraction of sp³-hybridized carbons (Fsp3) is 0.222. The molecule has 0 saturated heterocycles. The summed E-state index contributed by atoms with van der Waals surface area (Å²) in [4.78, 5) is 30.0. The van der Waals surface area contributed by atoms with Crippen molar-refractivity contribution in [2.75, 3.05) is 19.0 Å². The van der Waals surface area contributed by atoms with Crippen LogP contribution in [-0.2, 0) is 17.8 Å². The first-order valence-electron chi connectivity index (χ1n) is 11.8. The Morgan fingerprint density at radius 3 is 2.61 bits per heavy atom. The lowest BCUT2D eigenvalue weighted by Crippen LogP contribution is -2.16. The van der Waals surface area contributed by atoms with Crippen molar-refractivity contribution in [2.45, 2.75) is 26.9 Å². The molecule has 0 aliphatic rings.